The number of carbonyl (C=O) groups excluding carboxylic acids is 1. The van der Waals surface area contributed by atoms with Crippen LogP contribution in [0.5, 0.6) is 0 Å². The third-order valence-electron chi connectivity index (χ3n) is 2.08. The SMILES string of the molecule is CC(C#N)N(C)C(=O)c1cccnc1Cl. The van der Waals surface area contributed by atoms with E-state index in [0.717, 1.165) is 0 Å². The number of pyridine rings is 1. The molecule has 15 heavy (non-hydrogen) atoms. The van der Waals surface area contributed by atoms with Gasteiger partial charge in [0.15, 0.2) is 0 Å². The third kappa shape index (κ3) is 2.45. The molecule has 0 fully saturated rings. The number of halogens is 1. The molecule has 0 radical (unpaired) electrons. The Bertz CT molecular complexity index is 413. The minimum Gasteiger partial charge on any atom is -0.326 e. The van der Waals surface area contributed by atoms with Crippen molar-refractivity contribution < 1.29 is 4.79 Å². The second-order valence-electron chi connectivity index (χ2n) is 3.06. The van der Waals surface area contributed by atoms with E-state index in [1.807, 2.05) is 6.07 Å². The van der Waals surface area contributed by atoms with Gasteiger partial charge in [0, 0.05) is 13.2 Å². The topological polar surface area (TPSA) is 57.0 Å². The highest BCUT2D eigenvalue weighted by atomic mass is 35.5. The Morgan fingerprint density at radius 3 is 2.93 bits per heavy atom. The molecular formula is C10H10ClN3O. The molecule has 0 saturated heterocycles. The van der Waals surface area contributed by atoms with Crippen LogP contribution in [0.4, 0.5) is 0 Å². The van der Waals surface area contributed by atoms with E-state index in [1.54, 1.807) is 26.1 Å². The smallest absolute Gasteiger partial charge is 0.257 e. The number of rotatable bonds is 2. The van der Waals surface area contributed by atoms with Crippen LogP contribution in [0.15, 0.2) is 18.3 Å². The molecule has 0 N–H and O–H groups in total. The van der Waals surface area contributed by atoms with Crippen LogP contribution < -0.4 is 0 Å². The fourth-order valence-electron chi connectivity index (χ4n) is 0.998. The molecule has 78 valence electrons. The summed E-state index contributed by atoms with van der Waals surface area (Å²) in [6, 6.07) is 4.70. The lowest BCUT2D eigenvalue weighted by atomic mass is 10.2. The predicted octanol–water partition coefficient (Wildman–Crippen LogP) is 1.72. The number of hydrogen-bond donors (Lipinski definition) is 0. The first kappa shape index (κ1) is 11.5. The van der Waals surface area contributed by atoms with Gasteiger partial charge in [-0.25, -0.2) is 4.98 Å². The van der Waals surface area contributed by atoms with Crippen molar-refractivity contribution in [2.75, 3.05) is 7.05 Å². The number of nitrogens with zero attached hydrogens (tertiary/aromatic N) is 3. The molecule has 0 aromatic carbocycles. The molecule has 1 atom stereocenters. The van der Waals surface area contributed by atoms with Gasteiger partial charge in [0.2, 0.25) is 0 Å². The lowest BCUT2D eigenvalue weighted by Gasteiger charge is -2.19. The van der Waals surface area contributed by atoms with Crippen LogP contribution >= 0.6 is 11.6 Å². The van der Waals surface area contributed by atoms with Gasteiger partial charge in [-0.15, -0.1) is 0 Å². The van der Waals surface area contributed by atoms with E-state index in [4.69, 9.17) is 16.9 Å². The molecule has 1 unspecified atom stereocenters. The minimum atomic E-state index is -0.492. The maximum absolute atomic E-state index is 11.8. The number of amides is 1. The van der Waals surface area contributed by atoms with Gasteiger partial charge >= 0.3 is 0 Å². The fraction of sp³-hybridized carbons (Fsp3) is 0.300. The summed E-state index contributed by atoms with van der Waals surface area (Å²) in [5.41, 5.74) is 0.309. The molecule has 5 heteroatoms. The Hall–Kier alpha value is -1.60. The van der Waals surface area contributed by atoms with Crippen molar-refractivity contribution in [3.05, 3.63) is 29.0 Å². The quantitative estimate of drug-likeness (QED) is 0.718. The number of hydrogen-bond acceptors (Lipinski definition) is 3. The van der Waals surface area contributed by atoms with Crippen molar-refractivity contribution in [1.29, 1.82) is 5.26 Å². The standard InChI is InChI=1S/C10H10ClN3O/c1-7(6-12)14(2)10(15)8-4-3-5-13-9(8)11/h3-5,7H,1-2H3. The molecule has 0 spiro atoms. The number of nitriles is 1. The second kappa shape index (κ2) is 4.76. The van der Waals surface area contributed by atoms with Crippen LogP contribution in [0.1, 0.15) is 17.3 Å². The van der Waals surface area contributed by atoms with E-state index in [2.05, 4.69) is 4.98 Å². The average molecular weight is 224 g/mol. The van der Waals surface area contributed by atoms with Crippen LogP contribution in [0, 0.1) is 11.3 Å². The first-order chi connectivity index (χ1) is 7.07. The maximum atomic E-state index is 11.8. The maximum Gasteiger partial charge on any atom is 0.257 e. The van der Waals surface area contributed by atoms with Gasteiger partial charge in [-0.2, -0.15) is 5.26 Å². The van der Waals surface area contributed by atoms with Crippen molar-refractivity contribution in [2.45, 2.75) is 13.0 Å². The van der Waals surface area contributed by atoms with Gasteiger partial charge in [0.25, 0.3) is 5.91 Å². The molecule has 0 bridgehead atoms. The largest absolute Gasteiger partial charge is 0.326 e. The zero-order chi connectivity index (χ0) is 11.4. The van der Waals surface area contributed by atoms with E-state index < -0.39 is 6.04 Å². The van der Waals surface area contributed by atoms with E-state index in [1.165, 1.54) is 11.1 Å². The zero-order valence-electron chi connectivity index (χ0n) is 8.44. The Balaban J connectivity index is 2.96. The Kier molecular flexibility index (Phi) is 3.64. The van der Waals surface area contributed by atoms with Gasteiger partial charge < -0.3 is 4.90 Å². The molecule has 0 aliphatic carbocycles. The number of carbonyl (C=O) groups is 1. The molecular weight excluding hydrogens is 214 g/mol. The Morgan fingerprint density at radius 2 is 2.40 bits per heavy atom. The normalized spacial score (nSPS) is 11.6. The fourth-order valence-corrected chi connectivity index (χ4v) is 1.20. The van der Waals surface area contributed by atoms with Crippen LogP contribution in [0.25, 0.3) is 0 Å². The summed E-state index contributed by atoms with van der Waals surface area (Å²) in [6.07, 6.45) is 1.51. The Morgan fingerprint density at radius 1 is 1.73 bits per heavy atom. The van der Waals surface area contributed by atoms with Crippen molar-refractivity contribution in [1.82, 2.24) is 9.88 Å². The molecule has 1 rings (SSSR count). The highest BCUT2D eigenvalue weighted by molar-refractivity contribution is 6.32. The molecule has 1 aromatic heterocycles. The average Bonchev–Trinajstić information content (AvgIpc) is 2.26. The monoisotopic (exact) mass is 223 g/mol. The summed E-state index contributed by atoms with van der Waals surface area (Å²) < 4.78 is 0. The lowest BCUT2D eigenvalue weighted by molar-refractivity contribution is 0.0773. The van der Waals surface area contributed by atoms with E-state index >= 15 is 0 Å². The highest BCUT2D eigenvalue weighted by Gasteiger charge is 2.19. The molecule has 1 amide bonds. The van der Waals surface area contributed by atoms with Crippen LogP contribution in [0.2, 0.25) is 5.15 Å². The van der Waals surface area contributed by atoms with Crippen molar-refractivity contribution in [3.8, 4) is 6.07 Å². The van der Waals surface area contributed by atoms with Gasteiger partial charge in [0.1, 0.15) is 11.2 Å². The molecule has 0 aliphatic rings. The first-order valence-electron chi connectivity index (χ1n) is 4.35. The van der Waals surface area contributed by atoms with Gasteiger partial charge in [-0.05, 0) is 19.1 Å². The zero-order valence-corrected chi connectivity index (χ0v) is 9.19. The second-order valence-corrected chi connectivity index (χ2v) is 3.42. The van der Waals surface area contributed by atoms with Crippen molar-refractivity contribution >= 4 is 17.5 Å². The van der Waals surface area contributed by atoms with Crippen LogP contribution in [-0.4, -0.2) is 28.9 Å². The lowest BCUT2D eigenvalue weighted by Crippen LogP contribution is -2.34. The number of aromatic nitrogens is 1. The summed E-state index contributed by atoms with van der Waals surface area (Å²) >= 11 is 5.77. The van der Waals surface area contributed by atoms with Crippen LogP contribution in [0.3, 0.4) is 0 Å². The van der Waals surface area contributed by atoms with Crippen molar-refractivity contribution in [3.63, 3.8) is 0 Å². The summed E-state index contributed by atoms with van der Waals surface area (Å²) in [5.74, 6) is -0.304. The van der Waals surface area contributed by atoms with Gasteiger partial charge in [-0.3, -0.25) is 4.79 Å². The van der Waals surface area contributed by atoms with E-state index in [9.17, 15) is 4.79 Å². The summed E-state index contributed by atoms with van der Waals surface area (Å²) in [6.45, 7) is 1.64. The predicted molar refractivity (Wildman–Crippen MR) is 56.4 cm³/mol. The first-order valence-corrected chi connectivity index (χ1v) is 4.73. The molecule has 0 saturated carbocycles. The van der Waals surface area contributed by atoms with E-state index in [-0.39, 0.29) is 11.1 Å². The van der Waals surface area contributed by atoms with Crippen LogP contribution in [-0.2, 0) is 0 Å². The molecule has 0 aliphatic heterocycles. The Labute approximate surface area is 93.1 Å². The minimum absolute atomic E-state index is 0.152. The summed E-state index contributed by atoms with van der Waals surface area (Å²) in [5, 5.41) is 8.83. The highest BCUT2D eigenvalue weighted by Crippen LogP contribution is 2.14. The van der Waals surface area contributed by atoms with Gasteiger partial charge in [0.05, 0.1) is 11.6 Å². The third-order valence-corrected chi connectivity index (χ3v) is 2.38. The molecule has 1 aromatic rings. The van der Waals surface area contributed by atoms with E-state index in [0.29, 0.717) is 5.56 Å². The summed E-state index contributed by atoms with van der Waals surface area (Å²) in [4.78, 5) is 16.9. The molecule has 4 nitrogen and oxygen atoms in total. The molecule has 1 heterocycles. The van der Waals surface area contributed by atoms with Gasteiger partial charge in [-0.1, -0.05) is 11.6 Å². The van der Waals surface area contributed by atoms with Crippen molar-refractivity contribution in [2.24, 2.45) is 0 Å². The summed E-state index contributed by atoms with van der Waals surface area (Å²) in [7, 11) is 1.56.